The number of hydrogen-bond acceptors (Lipinski definition) is 3. The summed E-state index contributed by atoms with van der Waals surface area (Å²) in [6.07, 6.45) is 7.16. The Balaban J connectivity index is 2.01. The lowest BCUT2D eigenvalue weighted by atomic mass is 9.80. The summed E-state index contributed by atoms with van der Waals surface area (Å²) in [5.74, 6) is 0.328. The smallest absolute Gasteiger partial charge is 0.0715 e. The molecule has 0 radical (unpaired) electrons. The zero-order chi connectivity index (χ0) is 14.6. The van der Waals surface area contributed by atoms with Crippen LogP contribution in [-0.2, 0) is 6.42 Å². The second kappa shape index (κ2) is 6.72. The highest BCUT2D eigenvalue weighted by molar-refractivity contribution is 5.05. The molecule has 1 aromatic rings. The molecule has 1 aromatic heterocycles. The van der Waals surface area contributed by atoms with Crippen molar-refractivity contribution < 1.29 is 5.11 Å². The molecule has 0 amide bonds. The summed E-state index contributed by atoms with van der Waals surface area (Å²) in [6.45, 7) is 8.34. The Morgan fingerprint density at radius 3 is 2.85 bits per heavy atom. The Labute approximate surface area is 122 Å². The Bertz CT molecular complexity index is 404. The van der Waals surface area contributed by atoms with E-state index in [0.29, 0.717) is 18.4 Å². The van der Waals surface area contributed by atoms with Crippen LogP contribution in [-0.4, -0.2) is 33.6 Å². The van der Waals surface area contributed by atoms with Crippen molar-refractivity contribution in [3.8, 4) is 0 Å². The van der Waals surface area contributed by atoms with Crippen molar-refractivity contribution in [2.24, 2.45) is 5.92 Å². The molecule has 114 valence electrons. The van der Waals surface area contributed by atoms with E-state index in [-0.39, 0.29) is 0 Å². The van der Waals surface area contributed by atoms with Gasteiger partial charge in [-0.25, -0.2) is 0 Å². The van der Waals surface area contributed by atoms with E-state index in [4.69, 9.17) is 0 Å². The molecule has 2 atom stereocenters. The first-order valence-corrected chi connectivity index (χ1v) is 8.04. The first kappa shape index (κ1) is 15.5. The van der Waals surface area contributed by atoms with E-state index in [0.717, 1.165) is 44.5 Å². The third-order valence-electron chi connectivity index (χ3n) is 4.70. The fourth-order valence-electron chi connectivity index (χ4n) is 3.23. The molecular weight excluding hydrogens is 250 g/mol. The van der Waals surface area contributed by atoms with Crippen LogP contribution in [0.4, 0.5) is 0 Å². The van der Waals surface area contributed by atoms with Gasteiger partial charge in [-0.2, -0.15) is 5.10 Å². The van der Waals surface area contributed by atoms with Crippen molar-refractivity contribution >= 4 is 0 Å². The Kier molecular flexibility index (Phi) is 5.22. The predicted octanol–water partition coefficient (Wildman–Crippen LogP) is 2.54. The summed E-state index contributed by atoms with van der Waals surface area (Å²) in [4.78, 5) is 0. The molecule has 4 nitrogen and oxygen atoms in total. The van der Waals surface area contributed by atoms with Crippen molar-refractivity contribution in [2.75, 3.05) is 13.1 Å². The first-order valence-electron chi connectivity index (χ1n) is 8.04. The predicted molar refractivity (Wildman–Crippen MR) is 81.8 cm³/mol. The lowest BCUT2D eigenvalue weighted by Gasteiger charge is -2.35. The van der Waals surface area contributed by atoms with Gasteiger partial charge < -0.3 is 10.4 Å². The average Bonchev–Trinajstić information content (AvgIpc) is 2.89. The number of aliphatic hydroxyl groups is 1. The standard InChI is InChI=1S/C16H29N3O/c1-4-15(5-2)19-10-8-14(18-19)11-16(3,20)13-7-6-9-17-12-13/h8,10,13,15,17,20H,4-7,9,11-12H2,1-3H3. The van der Waals surface area contributed by atoms with Crippen molar-refractivity contribution in [1.82, 2.24) is 15.1 Å². The number of piperidine rings is 1. The quantitative estimate of drug-likeness (QED) is 0.841. The first-order chi connectivity index (χ1) is 9.56. The van der Waals surface area contributed by atoms with Crippen LogP contribution in [0.2, 0.25) is 0 Å². The highest BCUT2D eigenvalue weighted by atomic mass is 16.3. The third-order valence-corrected chi connectivity index (χ3v) is 4.70. The summed E-state index contributed by atoms with van der Waals surface area (Å²) in [5.41, 5.74) is 0.341. The highest BCUT2D eigenvalue weighted by Gasteiger charge is 2.33. The maximum Gasteiger partial charge on any atom is 0.0715 e. The Morgan fingerprint density at radius 1 is 1.50 bits per heavy atom. The molecule has 20 heavy (non-hydrogen) atoms. The second-order valence-electron chi connectivity index (χ2n) is 6.33. The fraction of sp³-hybridized carbons (Fsp3) is 0.812. The van der Waals surface area contributed by atoms with Crippen LogP contribution in [0.5, 0.6) is 0 Å². The summed E-state index contributed by atoms with van der Waals surface area (Å²) >= 11 is 0. The lowest BCUT2D eigenvalue weighted by Crippen LogP contribution is -2.45. The average molecular weight is 279 g/mol. The monoisotopic (exact) mass is 279 g/mol. The molecule has 0 bridgehead atoms. The van der Waals surface area contributed by atoms with Gasteiger partial charge in [0.25, 0.3) is 0 Å². The van der Waals surface area contributed by atoms with E-state index in [1.54, 1.807) is 0 Å². The SMILES string of the molecule is CCC(CC)n1ccc(CC(C)(O)C2CCCNC2)n1. The number of aromatic nitrogens is 2. The number of nitrogens with one attached hydrogen (secondary N) is 1. The maximum atomic E-state index is 10.8. The summed E-state index contributed by atoms with van der Waals surface area (Å²) in [5, 5.41) is 18.8. The zero-order valence-corrected chi connectivity index (χ0v) is 13.1. The molecule has 1 fully saturated rings. The Hall–Kier alpha value is -0.870. The van der Waals surface area contributed by atoms with E-state index in [2.05, 4.69) is 41.2 Å². The van der Waals surface area contributed by atoms with E-state index in [1.165, 1.54) is 0 Å². The van der Waals surface area contributed by atoms with Crippen LogP contribution in [0.1, 0.15) is 58.2 Å². The van der Waals surface area contributed by atoms with Crippen LogP contribution >= 0.6 is 0 Å². The van der Waals surface area contributed by atoms with Gasteiger partial charge >= 0.3 is 0 Å². The number of rotatable bonds is 6. The van der Waals surface area contributed by atoms with Crippen molar-refractivity contribution in [1.29, 1.82) is 0 Å². The molecular formula is C16H29N3O. The summed E-state index contributed by atoms with van der Waals surface area (Å²) in [7, 11) is 0. The van der Waals surface area contributed by atoms with Crippen LogP contribution in [0, 0.1) is 5.92 Å². The van der Waals surface area contributed by atoms with E-state index >= 15 is 0 Å². The van der Waals surface area contributed by atoms with Gasteiger partial charge in [-0.05, 0) is 45.2 Å². The van der Waals surface area contributed by atoms with Gasteiger partial charge in [0.15, 0.2) is 0 Å². The molecule has 1 aliphatic heterocycles. The summed E-state index contributed by atoms with van der Waals surface area (Å²) < 4.78 is 2.06. The highest BCUT2D eigenvalue weighted by Crippen LogP contribution is 2.27. The normalized spacial score (nSPS) is 22.9. The minimum Gasteiger partial charge on any atom is -0.389 e. The molecule has 0 spiro atoms. The molecule has 1 aliphatic rings. The zero-order valence-electron chi connectivity index (χ0n) is 13.1. The minimum absolute atomic E-state index is 0.328. The topological polar surface area (TPSA) is 50.1 Å². The molecule has 2 heterocycles. The minimum atomic E-state index is -0.666. The second-order valence-corrected chi connectivity index (χ2v) is 6.33. The maximum absolute atomic E-state index is 10.8. The van der Waals surface area contributed by atoms with Gasteiger partial charge in [0.2, 0.25) is 0 Å². The van der Waals surface area contributed by atoms with E-state index in [1.807, 2.05) is 6.92 Å². The number of hydrogen-bond donors (Lipinski definition) is 2. The van der Waals surface area contributed by atoms with Crippen molar-refractivity contribution in [3.63, 3.8) is 0 Å². The molecule has 4 heteroatoms. The van der Waals surface area contributed by atoms with Crippen LogP contribution < -0.4 is 5.32 Å². The third kappa shape index (κ3) is 3.61. The van der Waals surface area contributed by atoms with E-state index in [9.17, 15) is 5.11 Å². The van der Waals surface area contributed by atoms with Gasteiger partial charge in [0.1, 0.15) is 0 Å². The van der Waals surface area contributed by atoms with Gasteiger partial charge in [0.05, 0.1) is 17.3 Å². The molecule has 0 aliphatic carbocycles. The molecule has 2 unspecified atom stereocenters. The lowest BCUT2D eigenvalue weighted by molar-refractivity contribution is -0.0111. The van der Waals surface area contributed by atoms with Crippen LogP contribution in [0.25, 0.3) is 0 Å². The molecule has 0 saturated carbocycles. The van der Waals surface area contributed by atoms with Crippen molar-refractivity contribution in [3.05, 3.63) is 18.0 Å². The Morgan fingerprint density at radius 2 is 2.25 bits per heavy atom. The van der Waals surface area contributed by atoms with Gasteiger partial charge in [-0.1, -0.05) is 13.8 Å². The van der Waals surface area contributed by atoms with Gasteiger partial charge in [-0.3, -0.25) is 4.68 Å². The molecule has 1 saturated heterocycles. The molecule has 2 rings (SSSR count). The van der Waals surface area contributed by atoms with Gasteiger partial charge in [0, 0.05) is 25.1 Å². The largest absolute Gasteiger partial charge is 0.389 e. The number of nitrogens with zero attached hydrogens (tertiary/aromatic N) is 2. The van der Waals surface area contributed by atoms with Crippen LogP contribution in [0.15, 0.2) is 12.3 Å². The van der Waals surface area contributed by atoms with Gasteiger partial charge in [-0.15, -0.1) is 0 Å². The van der Waals surface area contributed by atoms with E-state index < -0.39 is 5.60 Å². The fourth-order valence-corrected chi connectivity index (χ4v) is 3.23. The summed E-state index contributed by atoms with van der Waals surface area (Å²) in [6, 6.07) is 2.54. The van der Waals surface area contributed by atoms with Crippen molar-refractivity contribution in [2.45, 2.75) is 64.5 Å². The van der Waals surface area contributed by atoms with Crippen LogP contribution in [0.3, 0.4) is 0 Å². The molecule has 0 aromatic carbocycles. The molecule has 2 N–H and O–H groups in total.